The lowest BCUT2D eigenvalue weighted by Gasteiger charge is -2.06. The molecule has 12 heavy (non-hydrogen) atoms. The van der Waals surface area contributed by atoms with Gasteiger partial charge >= 0.3 is 5.97 Å². The summed E-state index contributed by atoms with van der Waals surface area (Å²) >= 11 is 1.80. The summed E-state index contributed by atoms with van der Waals surface area (Å²) in [6.07, 6.45) is 1.39. The summed E-state index contributed by atoms with van der Waals surface area (Å²) in [5, 5.41) is 0.489. The molecule has 0 aromatic heterocycles. The van der Waals surface area contributed by atoms with Crippen LogP contribution in [0.2, 0.25) is 0 Å². The largest absolute Gasteiger partial charge is 0.469 e. The summed E-state index contributed by atoms with van der Waals surface area (Å²) in [6, 6.07) is 0. The van der Waals surface area contributed by atoms with Crippen LogP contribution in [0.25, 0.3) is 0 Å². The molecule has 0 radical (unpaired) electrons. The van der Waals surface area contributed by atoms with Gasteiger partial charge in [-0.25, -0.2) is 0 Å². The number of thioether (sulfide) groups is 1. The number of hydrogen-bond acceptors (Lipinski definition) is 4. The van der Waals surface area contributed by atoms with E-state index >= 15 is 0 Å². The monoisotopic (exact) mass is 191 g/mol. The Morgan fingerprint density at radius 1 is 1.67 bits per heavy atom. The first-order chi connectivity index (χ1) is 5.70. The van der Waals surface area contributed by atoms with Gasteiger partial charge in [-0.3, -0.25) is 4.79 Å². The Bertz CT molecular complexity index is 130. The van der Waals surface area contributed by atoms with Gasteiger partial charge in [-0.2, -0.15) is 11.8 Å². The standard InChI is InChI=1S/C8H17NO2S/c1-7(6-9)12-5-3-4-8(10)11-2/h7H,3-6,9H2,1-2H3. The number of nitrogens with two attached hydrogens (primary N) is 1. The molecule has 0 aromatic carbocycles. The molecule has 0 amide bonds. The van der Waals surface area contributed by atoms with Crippen molar-refractivity contribution in [3.05, 3.63) is 0 Å². The summed E-state index contributed by atoms with van der Waals surface area (Å²) in [7, 11) is 1.41. The topological polar surface area (TPSA) is 52.3 Å². The van der Waals surface area contributed by atoms with E-state index in [1.165, 1.54) is 7.11 Å². The minimum Gasteiger partial charge on any atom is -0.469 e. The van der Waals surface area contributed by atoms with Crippen molar-refractivity contribution in [3.8, 4) is 0 Å². The molecule has 1 unspecified atom stereocenters. The molecule has 0 saturated heterocycles. The number of ether oxygens (including phenoxy) is 1. The average Bonchev–Trinajstić information content (AvgIpc) is 2.11. The second kappa shape index (κ2) is 7.43. The van der Waals surface area contributed by atoms with E-state index in [1.807, 2.05) is 0 Å². The molecular weight excluding hydrogens is 174 g/mol. The van der Waals surface area contributed by atoms with Crippen LogP contribution in [0.15, 0.2) is 0 Å². The maximum Gasteiger partial charge on any atom is 0.305 e. The van der Waals surface area contributed by atoms with E-state index in [-0.39, 0.29) is 5.97 Å². The Labute approximate surface area is 78.0 Å². The van der Waals surface area contributed by atoms with Crippen molar-refractivity contribution < 1.29 is 9.53 Å². The highest BCUT2D eigenvalue weighted by atomic mass is 32.2. The van der Waals surface area contributed by atoms with E-state index in [2.05, 4.69) is 11.7 Å². The van der Waals surface area contributed by atoms with Gasteiger partial charge in [0.05, 0.1) is 7.11 Å². The molecule has 0 bridgehead atoms. The van der Waals surface area contributed by atoms with Crippen LogP contribution < -0.4 is 5.73 Å². The highest BCUT2D eigenvalue weighted by molar-refractivity contribution is 7.99. The van der Waals surface area contributed by atoms with Gasteiger partial charge in [-0.15, -0.1) is 0 Å². The molecule has 1 atom stereocenters. The molecule has 4 heteroatoms. The van der Waals surface area contributed by atoms with Gasteiger partial charge in [0.25, 0.3) is 0 Å². The number of methoxy groups -OCH3 is 1. The van der Waals surface area contributed by atoms with Crippen LogP contribution in [-0.4, -0.2) is 30.6 Å². The van der Waals surface area contributed by atoms with Gasteiger partial charge < -0.3 is 10.5 Å². The molecular formula is C8H17NO2S. The van der Waals surface area contributed by atoms with E-state index in [0.717, 1.165) is 12.2 Å². The number of rotatable bonds is 6. The van der Waals surface area contributed by atoms with Gasteiger partial charge in [0.2, 0.25) is 0 Å². The number of carbonyl (C=O) groups excluding carboxylic acids is 1. The molecule has 0 aliphatic carbocycles. The predicted octanol–water partition coefficient (Wildman–Crippen LogP) is 1.02. The van der Waals surface area contributed by atoms with Crippen LogP contribution in [0.5, 0.6) is 0 Å². The second-order valence-electron chi connectivity index (χ2n) is 2.60. The highest BCUT2D eigenvalue weighted by Crippen LogP contribution is 2.11. The smallest absolute Gasteiger partial charge is 0.305 e. The molecule has 72 valence electrons. The first-order valence-corrected chi connectivity index (χ1v) is 5.14. The van der Waals surface area contributed by atoms with Crippen LogP contribution in [0.4, 0.5) is 0 Å². The Hall–Kier alpha value is -0.220. The molecule has 0 fully saturated rings. The Balaban J connectivity index is 3.15. The first-order valence-electron chi connectivity index (χ1n) is 4.09. The maximum absolute atomic E-state index is 10.7. The van der Waals surface area contributed by atoms with Crippen LogP contribution in [0, 0.1) is 0 Å². The minimum absolute atomic E-state index is 0.129. The molecule has 0 aromatic rings. The van der Waals surface area contributed by atoms with E-state index in [9.17, 15) is 4.79 Å². The highest BCUT2D eigenvalue weighted by Gasteiger charge is 2.01. The van der Waals surface area contributed by atoms with Crippen molar-refractivity contribution in [1.29, 1.82) is 0 Å². The maximum atomic E-state index is 10.7. The third-order valence-electron chi connectivity index (χ3n) is 1.49. The molecule has 0 saturated carbocycles. The molecule has 0 spiro atoms. The fourth-order valence-electron chi connectivity index (χ4n) is 0.671. The van der Waals surface area contributed by atoms with E-state index < -0.39 is 0 Å². The van der Waals surface area contributed by atoms with Crippen LogP contribution >= 0.6 is 11.8 Å². The van der Waals surface area contributed by atoms with Crippen molar-refractivity contribution in [2.24, 2.45) is 5.73 Å². The summed E-state index contributed by atoms with van der Waals surface area (Å²) < 4.78 is 4.51. The quantitative estimate of drug-likeness (QED) is 0.503. The predicted molar refractivity (Wildman–Crippen MR) is 52.2 cm³/mol. The van der Waals surface area contributed by atoms with E-state index in [4.69, 9.17) is 5.73 Å². The van der Waals surface area contributed by atoms with Crippen molar-refractivity contribution in [2.75, 3.05) is 19.4 Å². The Kier molecular flexibility index (Phi) is 7.29. The van der Waals surface area contributed by atoms with Gasteiger partial charge in [0.15, 0.2) is 0 Å². The normalized spacial score (nSPS) is 12.6. The summed E-state index contributed by atoms with van der Waals surface area (Å²) in [6.45, 7) is 2.78. The Morgan fingerprint density at radius 2 is 2.33 bits per heavy atom. The van der Waals surface area contributed by atoms with Crippen LogP contribution in [0.1, 0.15) is 19.8 Å². The summed E-state index contributed by atoms with van der Waals surface area (Å²) in [5.41, 5.74) is 5.43. The lowest BCUT2D eigenvalue weighted by molar-refractivity contribution is -0.140. The van der Waals surface area contributed by atoms with Gasteiger partial charge in [0, 0.05) is 18.2 Å². The lowest BCUT2D eigenvalue weighted by Crippen LogP contribution is -2.13. The van der Waals surface area contributed by atoms with Crippen LogP contribution in [-0.2, 0) is 9.53 Å². The SMILES string of the molecule is COC(=O)CCCSC(C)CN. The summed E-state index contributed by atoms with van der Waals surface area (Å²) in [5.74, 6) is 0.851. The van der Waals surface area contributed by atoms with Crippen molar-refractivity contribution >= 4 is 17.7 Å². The third-order valence-corrected chi connectivity index (χ3v) is 2.77. The zero-order valence-electron chi connectivity index (χ0n) is 7.71. The lowest BCUT2D eigenvalue weighted by atomic mass is 10.3. The van der Waals surface area contributed by atoms with Gasteiger partial charge in [0.1, 0.15) is 0 Å². The fourth-order valence-corrected chi connectivity index (χ4v) is 1.52. The number of hydrogen-bond donors (Lipinski definition) is 1. The van der Waals surface area contributed by atoms with Crippen molar-refractivity contribution in [1.82, 2.24) is 0 Å². The molecule has 0 aliphatic heterocycles. The zero-order valence-corrected chi connectivity index (χ0v) is 8.52. The third kappa shape index (κ3) is 6.49. The van der Waals surface area contributed by atoms with Crippen molar-refractivity contribution in [3.63, 3.8) is 0 Å². The van der Waals surface area contributed by atoms with Crippen LogP contribution in [0.3, 0.4) is 0 Å². The molecule has 3 nitrogen and oxygen atoms in total. The zero-order chi connectivity index (χ0) is 9.40. The average molecular weight is 191 g/mol. The number of carbonyl (C=O) groups is 1. The van der Waals surface area contributed by atoms with Crippen molar-refractivity contribution in [2.45, 2.75) is 25.0 Å². The summed E-state index contributed by atoms with van der Waals surface area (Å²) in [4.78, 5) is 10.7. The second-order valence-corrected chi connectivity index (χ2v) is 4.14. The molecule has 0 heterocycles. The Morgan fingerprint density at radius 3 is 2.83 bits per heavy atom. The molecule has 0 rings (SSSR count). The number of esters is 1. The van der Waals surface area contributed by atoms with E-state index in [0.29, 0.717) is 18.2 Å². The fraction of sp³-hybridized carbons (Fsp3) is 0.875. The first kappa shape index (κ1) is 11.8. The minimum atomic E-state index is -0.129. The van der Waals surface area contributed by atoms with Gasteiger partial charge in [-0.05, 0) is 12.2 Å². The van der Waals surface area contributed by atoms with Gasteiger partial charge in [-0.1, -0.05) is 6.92 Å². The molecule has 0 aliphatic rings. The molecule has 2 N–H and O–H groups in total. The van der Waals surface area contributed by atoms with E-state index in [1.54, 1.807) is 11.8 Å².